The van der Waals surface area contributed by atoms with Crippen LogP contribution in [0, 0.1) is 6.92 Å². The van der Waals surface area contributed by atoms with Crippen molar-refractivity contribution >= 4 is 23.5 Å². The Labute approximate surface area is 157 Å². The van der Waals surface area contributed by atoms with Gasteiger partial charge in [0.1, 0.15) is 0 Å². The molecule has 0 aliphatic rings. The zero-order valence-electron chi connectivity index (χ0n) is 16.0. The van der Waals surface area contributed by atoms with Crippen molar-refractivity contribution in [3.05, 3.63) is 46.8 Å². The van der Waals surface area contributed by atoms with Crippen molar-refractivity contribution in [3.63, 3.8) is 0 Å². The molecule has 1 aromatic carbocycles. The van der Waals surface area contributed by atoms with Gasteiger partial charge in [0, 0.05) is 12.2 Å². The number of amides is 1. The van der Waals surface area contributed by atoms with Gasteiger partial charge in [0.2, 0.25) is 5.91 Å². The zero-order chi connectivity index (χ0) is 20.1. The molecule has 144 valence electrons. The lowest BCUT2D eigenvalue weighted by Crippen LogP contribution is -2.19. The Morgan fingerprint density at radius 2 is 1.74 bits per heavy atom. The number of methoxy groups -OCH3 is 2. The van der Waals surface area contributed by atoms with Crippen molar-refractivity contribution in [3.8, 4) is 0 Å². The third-order valence-electron chi connectivity index (χ3n) is 3.98. The molecule has 0 aliphatic heterocycles. The molecule has 8 heteroatoms. The number of carbonyl (C=O) groups excluding carboxylic acids is 3. The predicted molar refractivity (Wildman–Crippen MR) is 98.8 cm³/mol. The van der Waals surface area contributed by atoms with E-state index in [-0.39, 0.29) is 35.2 Å². The molecule has 1 N–H and O–H groups in total. The lowest BCUT2D eigenvalue weighted by molar-refractivity contribution is -0.115. The highest BCUT2D eigenvalue weighted by molar-refractivity contribution is 6.04. The van der Waals surface area contributed by atoms with Gasteiger partial charge in [-0.25, -0.2) is 9.59 Å². The molecule has 2 rings (SSSR count). The van der Waals surface area contributed by atoms with Crippen LogP contribution in [-0.2, 0) is 20.7 Å². The molecule has 0 fully saturated rings. The van der Waals surface area contributed by atoms with Gasteiger partial charge in [-0.15, -0.1) is 0 Å². The van der Waals surface area contributed by atoms with Crippen LogP contribution in [0.4, 0.5) is 5.69 Å². The van der Waals surface area contributed by atoms with E-state index in [9.17, 15) is 14.4 Å². The molecule has 0 aliphatic carbocycles. The minimum Gasteiger partial charge on any atom is -0.465 e. The summed E-state index contributed by atoms with van der Waals surface area (Å²) in [5, 5.41) is 7.03. The molecule has 1 heterocycles. The van der Waals surface area contributed by atoms with Crippen molar-refractivity contribution in [1.82, 2.24) is 9.78 Å². The first-order valence-corrected chi connectivity index (χ1v) is 8.42. The number of hydrogen-bond acceptors (Lipinski definition) is 6. The van der Waals surface area contributed by atoms with Gasteiger partial charge in [0.15, 0.2) is 0 Å². The van der Waals surface area contributed by atoms with Gasteiger partial charge in [-0.05, 0) is 44.5 Å². The van der Waals surface area contributed by atoms with Crippen LogP contribution >= 0.6 is 0 Å². The fraction of sp³-hybridized carbons (Fsp3) is 0.368. The fourth-order valence-electron chi connectivity index (χ4n) is 2.54. The molecule has 0 saturated carbocycles. The van der Waals surface area contributed by atoms with Crippen LogP contribution in [0.15, 0.2) is 24.4 Å². The quantitative estimate of drug-likeness (QED) is 0.781. The normalized spacial score (nSPS) is 10.6. The number of anilines is 1. The van der Waals surface area contributed by atoms with E-state index in [1.807, 2.05) is 20.0 Å². The number of aryl methyl sites for hydroxylation is 1. The highest BCUT2D eigenvalue weighted by Crippen LogP contribution is 2.23. The Morgan fingerprint density at radius 3 is 2.30 bits per heavy atom. The van der Waals surface area contributed by atoms with E-state index in [0.717, 1.165) is 0 Å². The largest absolute Gasteiger partial charge is 0.465 e. The lowest BCUT2D eigenvalue weighted by atomic mass is 10.0. The first-order chi connectivity index (χ1) is 12.8. The average Bonchev–Trinajstić information content (AvgIpc) is 3.09. The minimum atomic E-state index is -0.667. The molecule has 2 aromatic rings. The molecule has 0 unspecified atom stereocenters. The van der Waals surface area contributed by atoms with Crippen LogP contribution in [0.5, 0.6) is 0 Å². The Hall–Kier alpha value is -3.16. The molecule has 1 amide bonds. The minimum absolute atomic E-state index is 0.0537. The smallest absolute Gasteiger partial charge is 0.340 e. The number of benzene rings is 1. The molecule has 0 spiro atoms. The van der Waals surface area contributed by atoms with Gasteiger partial charge < -0.3 is 14.8 Å². The van der Waals surface area contributed by atoms with Gasteiger partial charge in [-0.3, -0.25) is 9.48 Å². The van der Waals surface area contributed by atoms with Gasteiger partial charge in [-0.2, -0.15) is 5.10 Å². The Balaban J connectivity index is 2.27. The Morgan fingerprint density at radius 1 is 1.11 bits per heavy atom. The number of aromatic nitrogens is 2. The molecule has 0 atom stereocenters. The molecule has 27 heavy (non-hydrogen) atoms. The maximum absolute atomic E-state index is 12.4. The summed E-state index contributed by atoms with van der Waals surface area (Å²) in [6, 6.07) is 4.87. The van der Waals surface area contributed by atoms with Crippen LogP contribution in [0.25, 0.3) is 0 Å². The Bertz CT molecular complexity index is 870. The summed E-state index contributed by atoms with van der Waals surface area (Å²) in [6.45, 7) is 5.67. The fourth-order valence-corrected chi connectivity index (χ4v) is 2.54. The van der Waals surface area contributed by atoms with E-state index >= 15 is 0 Å². The third-order valence-corrected chi connectivity index (χ3v) is 3.98. The van der Waals surface area contributed by atoms with E-state index in [1.165, 1.54) is 20.3 Å². The summed E-state index contributed by atoms with van der Waals surface area (Å²) in [4.78, 5) is 36.3. The highest BCUT2D eigenvalue weighted by Gasteiger charge is 2.20. The average molecular weight is 373 g/mol. The van der Waals surface area contributed by atoms with Crippen LogP contribution in [0.1, 0.15) is 51.9 Å². The molecule has 1 aromatic heterocycles. The van der Waals surface area contributed by atoms with E-state index in [4.69, 9.17) is 9.47 Å². The first kappa shape index (κ1) is 20.2. The molecule has 0 saturated heterocycles. The number of esters is 2. The topological polar surface area (TPSA) is 99.5 Å². The maximum Gasteiger partial charge on any atom is 0.340 e. The molecular formula is C19H23N3O5. The van der Waals surface area contributed by atoms with Crippen molar-refractivity contribution in [2.75, 3.05) is 19.5 Å². The predicted octanol–water partition coefficient (Wildman–Crippen LogP) is 2.53. The van der Waals surface area contributed by atoms with E-state index in [1.54, 1.807) is 23.7 Å². The second-order valence-electron chi connectivity index (χ2n) is 6.30. The van der Waals surface area contributed by atoms with Gasteiger partial charge in [-0.1, -0.05) is 0 Å². The number of ether oxygens (including phenoxy) is 2. The van der Waals surface area contributed by atoms with Crippen LogP contribution in [0.3, 0.4) is 0 Å². The van der Waals surface area contributed by atoms with Gasteiger partial charge >= 0.3 is 11.9 Å². The van der Waals surface area contributed by atoms with E-state index < -0.39 is 11.9 Å². The summed E-state index contributed by atoms with van der Waals surface area (Å²) < 4.78 is 11.2. The van der Waals surface area contributed by atoms with E-state index in [0.29, 0.717) is 11.3 Å². The summed E-state index contributed by atoms with van der Waals surface area (Å²) in [7, 11) is 2.48. The lowest BCUT2D eigenvalue weighted by Gasteiger charge is -2.13. The first-order valence-electron chi connectivity index (χ1n) is 8.42. The highest BCUT2D eigenvalue weighted by atomic mass is 16.5. The van der Waals surface area contributed by atoms with Crippen molar-refractivity contribution in [2.45, 2.75) is 33.2 Å². The van der Waals surface area contributed by atoms with Gasteiger partial charge in [0.05, 0.1) is 43.1 Å². The Kier molecular flexibility index (Phi) is 6.33. The van der Waals surface area contributed by atoms with Crippen molar-refractivity contribution < 1.29 is 23.9 Å². The third kappa shape index (κ3) is 4.72. The number of rotatable bonds is 6. The summed E-state index contributed by atoms with van der Waals surface area (Å²) in [5.74, 6) is -1.58. The summed E-state index contributed by atoms with van der Waals surface area (Å²) >= 11 is 0. The molecular weight excluding hydrogens is 350 g/mol. The second kappa shape index (κ2) is 8.48. The summed E-state index contributed by atoms with van der Waals surface area (Å²) in [5.41, 5.74) is 1.74. The molecule has 0 bridgehead atoms. The van der Waals surface area contributed by atoms with Crippen LogP contribution in [-0.4, -0.2) is 41.8 Å². The number of nitrogens with zero attached hydrogens (tertiary/aromatic N) is 2. The molecule has 8 nitrogen and oxygen atoms in total. The van der Waals surface area contributed by atoms with Crippen LogP contribution in [0.2, 0.25) is 0 Å². The monoisotopic (exact) mass is 373 g/mol. The number of hydrogen-bond donors (Lipinski definition) is 1. The summed E-state index contributed by atoms with van der Waals surface area (Å²) in [6.07, 6.45) is 1.86. The molecule has 0 radical (unpaired) electrons. The SMILES string of the molecule is COC(=O)c1cc(C(=O)OC)c(NC(=O)Cc2ccn(C(C)C)n2)cc1C. The number of carbonyl (C=O) groups is 3. The zero-order valence-corrected chi connectivity index (χ0v) is 16.0. The van der Waals surface area contributed by atoms with Crippen molar-refractivity contribution in [2.24, 2.45) is 0 Å². The van der Waals surface area contributed by atoms with Gasteiger partial charge in [0.25, 0.3) is 0 Å². The second-order valence-corrected chi connectivity index (χ2v) is 6.30. The number of nitrogens with one attached hydrogen (secondary N) is 1. The maximum atomic E-state index is 12.4. The standard InChI is InChI=1S/C19H23N3O5/c1-11(2)22-7-6-13(21-22)9-17(23)20-16-8-12(3)14(18(24)26-4)10-15(16)19(25)27-5/h6-8,10-11H,9H2,1-5H3,(H,20,23). The van der Waals surface area contributed by atoms with E-state index in [2.05, 4.69) is 10.4 Å². The van der Waals surface area contributed by atoms with Crippen LogP contribution < -0.4 is 5.32 Å². The van der Waals surface area contributed by atoms with Crippen molar-refractivity contribution in [1.29, 1.82) is 0 Å².